The molecule has 30 heavy (non-hydrogen) atoms. The Morgan fingerprint density at radius 1 is 1.07 bits per heavy atom. The number of amides is 2. The standard InChI is InChI=1S/C20H27BN4O5/c1-12(2)9-17(21(29)30)24-20(28)18(13(3)26)25-19(27)16-10-15(22-11-23-16)14-7-5-4-6-8-14/h4-8,10-13,17-18,26,29-30H,9H2,1-3H3,(H,24,28)(H,25,27)/t13-,17+,18+/m1/s1. The van der Waals surface area contributed by atoms with Gasteiger partial charge < -0.3 is 25.8 Å². The first-order chi connectivity index (χ1) is 14.2. The summed E-state index contributed by atoms with van der Waals surface area (Å²) in [6.45, 7) is 5.09. The van der Waals surface area contributed by atoms with Gasteiger partial charge in [-0.1, -0.05) is 44.2 Å². The average Bonchev–Trinajstić information content (AvgIpc) is 2.71. The highest BCUT2D eigenvalue weighted by molar-refractivity contribution is 6.43. The molecule has 0 aliphatic rings. The van der Waals surface area contributed by atoms with E-state index in [1.165, 1.54) is 19.3 Å². The summed E-state index contributed by atoms with van der Waals surface area (Å²) < 4.78 is 0. The summed E-state index contributed by atoms with van der Waals surface area (Å²) in [5, 5.41) is 33.9. The highest BCUT2D eigenvalue weighted by Gasteiger charge is 2.32. The van der Waals surface area contributed by atoms with Crippen LogP contribution in [0.3, 0.4) is 0 Å². The number of carbonyl (C=O) groups is 2. The SMILES string of the molecule is CC(C)C[C@H](NC(=O)[C@@H](NC(=O)c1cc(-c2ccccc2)ncn1)[C@@H](C)O)B(O)O. The van der Waals surface area contributed by atoms with Crippen molar-refractivity contribution in [1.29, 1.82) is 0 Å². The van der Waals surface area contributed by atoms with E-state index in [4.69, 9.17) is 0 Å². The second-order valence-electron chi connectivity index (χ2n) is 7.50. The van der Waals surface area contributed by atoms with Crippen LogP contribution in [0.1, 0.15) is 37.7 Å². The van der Waals surface area contributed by atoms with E-state index in [2.05, 4.69) is 20.6 Å². The monoisotopic (exact) mass is 414 g/mol. The third-order valence-corrected chi connectivity index (χ3v) is 4.43. The van der Waals surface area contributed by atoms with E-state index in [9.17, 15) is 24.7 Å². The summed E-state index contributed by atoms with van der Waals surface area (Å²) in [6, 6.07) is 9.40. The number of rotatable bonds is 9. The van der Waals surface area contributed by atoms with E-state index < -0.39 is 37.0 Å². The number of carbonyl (C=O) groups excluding carboxylic acids is 2. The zero-order valence-electron chi connectivity index (χ0n) is 17.2. The van der Waals surface area contributed by atoms with E-state index >= 15 is 0 Å². The van der Waals surface area contributed by atoms with E-state index in [-0.39, 0.29) is 11.6 Å². The minimum Gasteiger partial charge on any atom is -0.426 e. The van der Waals surface area contributed by atoms with Gasteiger partial charge in [-0.3, -0.25) is 9.59 Å². The lowest BCUT2D eigenvalue weighted by atomic mass is 9.75. The van der Waals surface area contributed by atoms with Gasteiger partial charge in [-0.05, 0) is 25.3 Å². The molecule has 0 saturated heterocycles. The normalized spacial score (nSPS) is 14.0. The van der Waals surface area contributed by atoms with Gasteiger partial charge in [0, 0.05) is 5.56 Å². The molecule has 1 aromatic carbocycles. The van der Waals surface area contributed by atoms with Gasteiger partial charge in [0.1, 0.15) is 18.1 Å². The predicted molar refractivity (Wildman–Crippen MR) is 112 cm³/mol. The fraction of sp³-hybridized carbons (Fsp3) is 0.400. The molecule has 0 aliphatic heterocycles. The maximum absolute atomic E-state index is 12.7. The number of hydrogen-bond acceptors (Lipinski definition) is 7. The molecule has 2 rings (SSSR count). The van der Waals surface area contributed by atoms with Gasteiger partial charge >= 0.3 is 7.12 Å². The van der Waals surface area contributed by atoms with Crippen LogP contribution >= 0.6 is 0 Å². The molecule has 9 nitrogen and oxygen atoms in total. The first kappa shape index (κ1) is 23.5. The van der Waals surface area contributed by atoms with Gasteiger partial charge in [0.2, 0.25) is 5.91 Å². The Labute approximate surface area is 175 Å². The lowest BCUT2D eigenvalue weighted by Gasteiger charge is -2.25. The maximum Gasteiger partial charge on any atom is 0.475 e. The van der Waals surface area contributed by atoms with Crippen LogP contribution in [0, 0.1) is 5.92 Å². The van der Waals surface area contributed by atoms with Crippen molar-refractivity contribution in [2.75, 3.05) is 0 Å². The highest BCUT2D eigenvalue weighted by atomic mass is 16.4. The van der Waals surface area contributed by atoms with Crippen molar-refractivity contribution in [3.05, 3.63) is 48.4 Å². The average molecular weight is 414 g/mol. The van der Waals surface area contributed by atoms with Crippen molar-refractivity contribution < 1.29 is 24.7 Å². The molecule has 0 radical (unpaired) electrons. The number of nitrogens with one attached hydrogen (secondary N) is 2. The van der Waals surface area contributed by atoms with Crippen molar-refractivity contribution in [2.45, 2.75) is 45.3 Å². The first-order valence-corrected chi connectivity index (χ1v) is 9.72. The third-order valence-electron chi connectivity index (χ3n) is 4.43. The van der Waals surface area contributed by atoms with Gasteiger partial charge in [0.25, 0.3) is 5.91 Å². The molecule has 0 unspecified atom stereocenters. The molecule has 0 spiro atoms. The Bertz CT molecular complexity index is 848. The van der Waals surface area contributed by atoms with E-state index in [0.717, 1.165) is 5.56 Å². The van der Waals surface area contributed by atoms with Crippen LogP contribution in [0.2, 0.25) is 0 Å². The second-order valence-corrected chi connectivity index (χ2v) is 7.50. The van der Waals surface area contributed by atoms with Gasteiger partial charge in [0.05, 0.1) is 17.7 Å². The molecule has 2 aromatic rings. The minimum absolute atomic E-state index is 0.0308. The number of benzene rings is 1. The van der Waals surface area contributed by atoms with Crippen LogP contribution in [-0.4, -0.2) is 62.1 Å². The summed E-state index contributed by atoms with van der Waals surface area (Å²) in [7, 11) is -1.77. The number of nitrogens with zero attached hydrogens (tertiary/aromatic N) is 2. The molecule has 1 aromatic heterocycles. The Hall–Kier alpha value is -2.82. The van der Waals surface area contributed by atoms with E-state index in [0.29, 0.717) is 12.1 Å². The summed E-state index contributed by atoms with van der Waals surface area (Å²) in [5.74, 6) is -2.23. The van der Waals surface area contributed by atoms with Gasteiger partial charge in [0.15, 0.2) is 0 Å². The van der Waals surface area contributed by atoms with Crippen LogP contribution in [0.25, 0.3) is 11.3 Å². The molecule has 3 atom stereocenters. The first-order valence-electron chi connectivity index (χ1n) is 9.72. The molecule has 0 saturated carbocycles. The number of aliphatic hydroxyl groups is 1. The van der Waals surface area contributed by atoms with Crippen molar-refractivity contribution in [3.63, 3.8) is 0 Å². The summed E-state index contributed by atoms with van der Waals surface area (Å²) in [5.41, 5.74) is 1.37. The topological polar surface area (TPSA) is 145 Å². The Balaban J connectivity index is 2.14. The van der Waals surface area contributed by atoms with Crippen molar-refractivity contribution >= 4 is 18.9 Å². The molecule has 5 N–H and O–H groups in total. The zero-order valence-corrected chi connectivity index (χ0v) is 17.2. The van der Waals surface area contributed by atoms with Crippen molar-refractivity contribution in [2.24, 2.45) is 5.92 Å². The quantitative estimate of drug-likeness (QED) is 0.368. The van der Waals surface area contributed by atoms with E-state index in [1.807, 2.05) is 44.2 Å². The van der Waals surface area contributed by atoms with Crippen molar-refractivity contribution in [1.82, 2.24) is 20.6 Å². The Morgan fingerprint density at radius 2 is 1.73 bits per heavy atom. The fourth-order valence-electron chi connectivity index (χ4n) is 2.90. The molecule has 0 bridgehead atoms. The smallest absolute Gasteiger partial charge is 0.426 e. The lowest BCUT2D eigenvalue weighted by Crippen LogP contribution is -2.57. The Morgan fingerprint density at radius 3 is 2.30 bits per heavy atom. The van der Waals surface area contributed by atoms with Gasteiger partial charge in [-0.25, -0.2) is 9.97 Å². The van der Waals surface area contributed by atoms with Crippen LogP contribution in [-0.2, 0) is 4.79 Å². The van der Waals surface area contributed by atoms with Gasteiger partial charge in [-0.2, -0.15) is 0 Å². The lowest BCUT2D eigenvalue weighted by molar-refractivity contribution is -0.125. The van der Waals surface area contributed by atoms with Crippen molar-refractivity contribution in [3.8, 4) is 11.3 Å². The summed E-state index contributed by atoms with van der Waals surface area (Å²) in [6.07, 6.45) is 0.339. The Kier molecular flexibility index (Phi) is 8.46. The zero-order chi connectivity index (χ0) is 22.3. The molecule has 160 valence electrons. The predicted octanol–water partition coefficient (Wildman–Crippen LogP) is 0.166. The summed E-state index contributed by atoms with van der Waals surface area (Å²) >= 11 is 0. The third kappa shape index (κ3) is 6.62. The maximum atomic E-state index is 12.7. The van der Waals surface area contributed by atoms with E-state index in [1.54, 1.807) is 0 Å². The molecule has 2 amide bonds. The summed E-state index contributed by atoms with van der Waals surface area (Å²) in [4.78, 5) is 33.4. The molecule has 0 fully saturated rings. The largest absolute Gasteiger partial charge is 0.475 e. The molecular weight excluding hydrogens is 387 g/mol. The highest BCUT2D eigenvalue weighted by Crippen LogP contribution is 2.16. The second kappa shape index (κ2) is 10.8. The molecule has 10 heteroatoms. The van der Waals surface area contributed by atoms with Crippen LogP contribution in [0.4, 0.5) is 0 Å². The fourth-order valence-corrected chi connectivity index (χ4v) is 2.90. The van der Waals surface area contributed by atoms with Crippen LogP contribution in [0.15, 0.2) is 42.7 Å². The molecule has 1 heterocycles. The number of aliphatic hydroxyl groups excluding tert-OH is 1. The molecule has 0 aliphatic carbocycles. The van der Waals surface area contributed by atoms with Gasteiger partial charge in [-0.15, -0.1) is 0 Å². The molecular formula is C20H27BN4O5. The number of aromatic nitrogens is 2. The van der Waals surface area contributed by atoms with Crippen LogP contribution in [0.5, 0.6) is 0 Å². The minimum atomic E-state index is -1.77. The number of hydrogen-bond donors (Lipinski definition) is 5. The van der Waals surface area contributed by atoms with Crippen LogP contribution < -0.4 is 10.6 Å².